The monoisotopic (exact) mass is 282 g/mol. The molecule has 1 saturated heterocycles. The van der Waals surface area contributed by atoms with Gasteiger partial charge in [0.15, 0.2) is 0 Å². The first-order valence-electron chi connectivity index (χ1n) is 7.43. The quantitative estimate of drug-likeness (QED) is 0.865. The minimum atomic E-state index is 0.00753. The number of nitrogens with one attached hydrogen (secondary N) is 1. The first-order chi connectivity index (χ1) is 9.14. The Labute approximate surface area is 120 Å². The number of nitrogens with zero attached hydrogens (tertiary/aromatic N) is 1. The maximum absolute atomic E-state index is 5.78. The summed E-state index contributed by atoms with van der Waals surface area (Å²) in [7, 11) is 0. The van der Waals surface area contributed by atoms with E-state index in [0.29, 0.717) is 6.10 Å². The van der Waals surface area contributed by atoms with Crippen molar-refractivity contribution in [2.45, 2.75) is 64.5 Å². The summed E-state index contributed by atoms with van der Waals surface area (Å²) < 4.78 is 5.78. The molecule has 108 valence electrons. The number of aromatic nitrogens is 1. The minimum absolute atomic E-state index is 0.00753. The molecule has 1 aromatic rings. The van der Waals surface area contributed by atoms with E-state index in [9.17, 15) is 0 Å². The number of ether oxygens (including phenoxy) is 1. The molecule has 2 heterocycles. The van der Waals surface area contributed by atoms with E-state index in [1.807, 2.05) is 0 Å². The highest BCUT2D eigenvalue weighted by atomic mass is 32.1. The van der Waals surface area contributed by atoms with Gasteiger partial charge in [-0.15, -0.1) is 11.3 Å². The SMILES string of the molecule is CC[C@@](C)(NCC[C@H]1CCCCO1)c1nc(C)cs1. The van der Waals surface area contributed by atoms with Crippen molar-refractivity contribution < 1.29 is 4.74 Å². The molecule has 4 heteroatoms. The van der Waals surface area contributed by atoms with E-state index in [1.54, 1.807) is 11.3 Å². The van der Waals surface area contributed by atoms with Crippen molar-refractivity contribution in [3.8, 4) is 0 Å². The Kier molecular flexibility index (Phi) is 5.37. The summed E-state index contributed by atoms with van der Waals surface area (Å²) in [6, 6.07) is 0. The standard InChI is InChI=1S/C15H26N2OS/c1-4-15(3,14-17-12(2)11-19-14)16-9-8-13-7-5-6-10-18-13/h11,13,16H,4-10H2,1-3H3/t13-,15-/m1/s1. The van der Waals surface area contributed by atoms with Crippen LogP contribution in [0.4, 0.5) is 0 Å². The zero-order valence-corrected chi connectivity index (χ0v) is 13.2. The first kappa shape index (κ1) is 14.9. The van der Waals surface area contributed by atoms with Gasteiger partial charge < -0.3 is 10.1 Å². The van der Waals surface area contributed by atoms with Gasteiger partial charge in [-0.2, -0.15) is 0 Å². The third-order valence-corrected chi connectivity index (χ3v) is 5.28. The van der Waals surface area contributed by atoms with E-state index in [4.69, 9.17) is 4.74 Å². The predicted octanol–water partition coefficient (Wildman–Crippen LogP) is 3.63. The van der Waals surface area contributed by atoms with Crippen LogP contribution in [-0.4, -0.2) is 24.2 Å². The van der Waals surface area contributed by atoms with Crippen molar-refractivity contribution in [3.63, 3.8) is 0 Å². The lowest BCUT2D eigenvalue weighted by Gasteiger charge is -2.29. The van der Waals surface area contributed by atoms with Crippen molar-refractivity contribution in [1.82, 2.24) is 10.3 Å². The molecule has 1 N–H and O–H groups in total. The van der Waals surface area contributed by atoms with Crippen LogP contribution in [0, 0.1) is 6.92 Å². The Hall–Kier alpha value is -0.450. The maximum atomic E-state index is 5.78. The summed E-state index contributed by atoms with van der Waals surface area (Å²) in [4.78, 5) is 4.64. The van der Waals surface area contributed by atoms with E-state index in [0.717, 1.165) is 31.7 Å². The summed E-state index contributed by atoms with van der Waals surface area (Å²) in [5, 5.41) is 7.03. The molecule has 19 heavy (non-hydrogen) atoms. The Morgan fingerprint density at radius 2 is 2.37 bits per heavy atom. The highest BCUT2D eigenvalue weighted by Crippen LogP contribution is 2.27. The number of thiazole rings is 1. The van der Waals surface area contributed by atoms with Crippen LogP contribution in [0.5, 0.6) is 0 Å². The fourth-order valence-corrected chi connectivity index (χ4v) is 3.51. The van der Waals surface area contributed by atoms with Gasteiger partial charge in [0.1, 0.15) is 5.01 Å². The molecular formula is C15H26N2OS. The zero-order valence-electron chi connectivity index (χ0n) is 12.4. The molecule has 0 aliphatic carbocycles. The van der Waals surface area contributed by atoms with Gasteiger partial charge in [0.2, 0.25) is 0 Å². The molecule has 0 spiro atoms. The summed E-state index contributed by atoms with van der Waals surface area (Å²) in [6.45, 7) is 8.49. The van der Waals surface area contributed by atoms with Gasteiger partial charge >= 0.3 is 0 Å². The average molecular weight is 282 g/mol. The molecule has 2 atom stereocenters. The second-order valence-corrected chi connectivity index (χ2v) is 6.54. The summed E-state index contributed by atoms with van der Waals surface area (Å²) in [6.07, 6.45) is 6.41. The summed E-state index contributed by atoms with van der Waals surface area (Å²) >= 11 is 1.76. The van der Waals surface area contributed by atoms with Gasteiger partial charge in [0.05, 0.1) is 11.6 Å². The normalized spacial score (nSPS) is 23.2. The van der Waals surface area contributed by atoms with Crippen molar-refractivity contribution in [2.24, 2.45) is 0 Å². The maximum Gasteiger partial charge on any atom is 0.113 e. The van der Waals surface area contributed by atoms with E-state index in [1.165, 1.54) is 24.3 Å². The first-order valence-corrected chi connectivity index (χ1v) is 8.31. The third-order valence-electron chi connectivity index (χ3n) is 4.05. The third kappa shape index (κ3) is 4.01. The van der Waals surface area contributed by atoms with Crippen LogP contribution in [0.1, 0.15) is 56.7 Å². The van der Waals surface area contributed by atoms with Crippen molar-refractivity contribution in [3.05, 3.63) is 16.1 Å². The second-order valence-electron chi connectivity index (χ2n) is 5.68. The zero-order chi connectivity index (χ0) is 13.7. The highest BCUT2D eigenvalue weighted by molar-refractivity contribution is 7.09. The van der Waals surface area contributed by atoms with Gasteiger partial charge in [-0.3, -0.25) is 0 Å². The van der Waals surface area contributed by atoms with Crippen LogP contribution in [0.2, 0.25) is 0 Å². The van der Waals surface area contributed by atoms with E-state index >= 15 is 0 Å². The largest absolute Gasteiger partial charge is 0.378 e. The predicted molar refractivity (Wildman–Crippen MR) is 80.7 cm³/mol. The van der Waals surface area contributed by atoms with Crippen LogP contribution >= 0.6 is 11.3 Å². The van der Waals surface area contributed by atoms with Crippen molar-refractivity contribution in [2.75, 3.05) is 13.2 Å². The fourth-order valence-electron chi connectivity index (χ4n) is 2.50. The average Bonchev–Trinajstić information content (AvgIpc) is 2.87. The minimum Gasteiger partial charge on any atom is -0.378 e. The molecule has 0 bridgehead atoms. The van der Waals surface area contributed by atoms with Crippen LogP contribution < -0.4 is 5.32 Å². The Morgan fingerprint density at radius 3 is 2.95 bits per heavy atom. The molecule has 2 rings (SSSR count). The van der Waals surface area contributed by atoms with Crippen LogP contribution in [-0.2, 0) is 10.3 Å². The van der Waals surface area contributed by atoms with Gasteiger partial charge in [-0.05, 0) is 52.5 Å². The van der Waals surface area contributed by atoms with E-state index in [2.05, 4.69) is 36.5 Å². The topological polar surface area (TPSA) is 34.1 Å². The van der Waals surface area contributed by atoms with Crippen molar-refractivity contribution >= 4 is 11.3 Å². The van der Waals surface area contributed by atoms with Crippen LogP contribution in [0.15, 0.2) is 5.38 Å². The Morgan fingerprint density at radius 1 is 1.53 bits per heavy atom. The number of aryl methyl sites for hydroxylation is 1. The molecule has 0 unspecified atom stereocenters. The molecule has 1 aromatic heterocycles. The lowest BCUT2D eigenvalue weighted by molar-refractivity contribution is 0.0104. The molecular weight excluding hydrogens is 256 g/mol. The summed E-state index contributed by atoms with van der Waals surface area (Å²) in [5.74, 6) is 0. The highest BCUT2D eigenvalue weighted by Gasteiger charge is 2.27. The van der Waals surface area contributed by atoms with E-state index in [-0.39, 0.29) is 5.54 Å². The van der Waals surface area contributed by atoms with Crippen LogP contribution in [0.3, 0.4) is 0 Å². The lowest BCUT2D eigenvalue weighted by atomic mass is 9.99. The molecule has 1 aliphatic heterocycles. The molecule has 1 fully saturated rings. The molecule has 0 radical (unpaired) electrons. The lowest BCUT2D eigenvalue weighted by Crippen LogP contribution is -2.40. The van der Waals surface area contributed by atoms with Gasteiger partial charge in [-0.1, -0.05) is 6.92 Å². The fraction of sp³-hybridized carbons (Fsp3) is 0.800. The Balaban J connectivity index is 1.84. The smallest absolute Gasteiger partial charge is 0.113 e. The number of hydrogen-bond acceptors (Lipinski definition) is 4. The number of hydrogen-bond donors (Lipinski definition) is 1. The molecule has 0 saturated carbocycles. The van der Waals surface area contributed by atoms with Crippen molar-refractivity contribution in [1.29, 1.82) is 0 Å². The van der Waals surface area contributed by atoms with Gasteiger partial charge in [0.25, 0.3) is 0 Å². The van der Waals surface area contributed by atoms with Gasteiger partial charge in [-0.25, -0.2) is 4.98 Å². The second kappa shape index (κ2) is 6.82. The van der Waals surface area contributed by atoms with Crippen LogP contribution in [0.25, 0.3) is 0 Å². The molecule has 0 amide bonds. The Bertz CT molecular complexity index is 387. The van der Waals surface area contributed by atoms with E-state index < -0.39 is 0 Å². The van der Waals surface area contributed by atoms with Gasteiger partial charge in [0, 0.05) is 17.7 Å². The number of rotatable bonds is 6. The molecule has 3 nitrogen and oxygen atoms in total. The summed E-state index contributed by atoms with van der Waals surface area (Å²) in [5.41, 5.74) is 1.13. The molecule has 0 aromatic carbocycles. The molecule has 1 aliphatic rings.